The molecule has 12 heteroatoms. The number of ether oxygens (including phenoxy) is 1. The summed E-state index contributed by atoms with van der Waals surface area (Å²) in [6, 6.07) is 22.2. The summed E-state index contributed by atoms with van der Waals surface area (Å²) in [5, 5.41) is 3.71. The minimum Gasteiger partial charge on any atom is -0.483 e. The van der Waals surface area contributed by atoms with Crippen molar-refractivity contribution in [1.82, 2.24) is 4.98 Å². The first kappa shape index (κ1) is 29.2. The number of amides is 3. The minimum absolute atomic E-state index is 0.000813. The Labute approximate surface area is 283 Å². The Hall–Kier alpha value is -3.19. The van der Waals surface area contributed by atoms with Crippen molar-refractivity contribution in [3.05, 3.63) is 102 Å². The molecule has 3 fully saturated rings. The van der Waals surface area contributed by atoms with E-state index >= 15 is 0 Å². The number of H-pyrrole nitrogens is 1. The van der Waals surface area contributed by atoms with Gasteiger partial charge < -0.3 is 15.0 Å². The van der Waals surface area contributed by atoms with Gasteiger partial charge in [0.2, 0.25) is 11.8 Å². The zero-order chi connectivity index (χ0) is 31.0. The molecule has 2 N–H and O–H groups in total. The number of rotatable bonds is 6. The number of imide groups is 1. The molecule has 4 aliphatic rings. The van der Waals surface area contributed by atoms with Crippen LogP contribution >= 0.6 is 55.0 Å². The molecular formula is C33H25Br2N3O5S2. The number of para-hydroxylation sites is 1. The zero-order valence-electron chi connectivity index (χ0n) is 23.4. The van der Waals surface area contributed by atoms with Gasteiger partial charge in [0, 0.05) is 36.2 Å². The topological polar surface area (TPSA) is 109 Å². The molecule has 228 valence electrons. The fourth-order valence-corrected chi connectivity index (χ4v) is 11.5. The molecule has 0 radical (unpaired) electrons. The highest BCUT2D eigenvalue weighted by molar-refractivity contribution is 9.10. The van der Waals surface area contributed by atoms with E-state index in [1.807, 2.05) is 60.7 Å². The number of nitrogens with zero attached hydrogens (tertiary/aromatic N) is 1. The van der Waals surface area contributed by atoms with Gasteiger partial charge in [-0.15, -0.1) is 11.8 Å². The molecule has 8 nitrogen and oxygen atoms in total. The molecule has 1 aromatic heterocycles. The first-order valence-electron chi connectivity index (χ1n) is 14.6. The van der Waals surface area contributed by atoms with Crippen LogP contribution in [0.2, 0.25) is 0 Å². The first-order valence-corrected chi connectivity index (χ1v) is 17.9. The Morgan fingerprint density at radius 3 is 2.40 bits per heavy atom. The molecule has 3 heterocycles. The lowest BCUT2D eigenvalue weighted by molar-refractivity contribution is -0.123. The van der Waals surface area contributed by atoms with Crippen LogP contribution in [0.4, 0.5) is 11.4 Å². The maximum Gasteiger partial charge on any atom is 0.305 e. The van der Waals surface area contributed by atoms with Gasteiger partial charge in [0.05, 0.1) is 22.5 Å². The van der Waals surface area contributed by atoms with Crippen LogP contribution in [-0.4, -0.2) is 34.6 Å². The number of hydrogen-bond acceptors (Lipinski definition) is 7. The second-order valence-corrected chi connectivity index (χ2v) is 15.9. The van der Waals surface area contributed by atoms with Crippen LogP contribution in [0.1, 0.15) is 22.8 Å². The Balaban J connectivity index is 1.15. The minimum atomic E-state index is -0.416. The summed E-state index contributed by atoms with van der Waals surface area (Å²) in [6.07, 6.45) is 0.780. The molecule has 6 unspecified atom stereocenters. The van der Waals surface area contributed by atoms with Crippen LogP contribution in [0, 0.1) is 29.6 Å². The molecule has 4 aromatic rings. The van der Waals surface area contributed by atoms with E-state index in [1.54, 1.807) is 23.9 Å². The average molecular weight is 768 g/mol. The molecule has 7 atom stereocenters. The van der Waals surface area contributed by atoms with Crippen LogP contribution in [0.5, 0.6) is 5.75 Å². The summed E-state index contributed by atoms with van der Waals surface area (Å²) in [6.45, 7) is -0.193. The lowest BCUT2D eigenvalue weighted by Crippen LogP contribution is -2.42. The third-order valence-corrected chi connectivity index (χ3v) is 13.1. The molecule has 45 heavy (non-hydrogen) atoms. The number of carbonyl (C=O) groups excluding carboxylic acids is 3. The largest absolute Gasteiger partial charge is 0.483 e. The number of aromatic nitrogens is 1. The summed E-state index contributed by atoms with van der Waals surface area (Å²) in [7, 11) is 0. The lowest BCUT2D eigenvalue weighted by Gasteiger charge is -2.43. The number of carbonyl (C=O) groups is 3. The number of aromatic amines is 1. The molecule has 2 saturated carbocycles. The summed E-state index contributed by atoms with van der Waals surface area (Å²) in [5.41, 5.74) is 2.13. The van der Waals surface area contributed by atoms with Crippen molar-refractivity contribution in [2.24, 2.45) is 29.6 Å². The molecule has 8 rings (SSSR count). The van der Waals surface area contributed by atoms with Crippen molar-refractivity contribution in [3.63, 3.8) is 0 Å². The number of thiazole rings is 1. The van der Waals surface area contributed by atoms with Gasteiger partial charge in [-0.2, -0.15) is 0 Å². The normalized spacial score (nSPS) is 27.7. The zero-order valence-corrected chi connectivity index (χ0v) is 28.2. The van der Waals surface area contributed by atoms with Gasteiger partial charge in [-0.1, -0.05) is 61.4 Å². The Bertz CT molecular complexity index is 1910. The highest BCUT2D eigenvalue weighted by atomic mass is 79.9. The molecule has 2 aliphatic heterocycles. The third kappa shape index (κ3) is 4.83. The van der Waals surface area contributed by atoms with Crippen molar-refractivity contribution in [1.29, 1.82) is 0 Å². The fourth-order valence-electron chi connectivity index (χ4n) is 7.97. The molecule has 0 spiro atoms. The maximum absolute atomic E-state index is 14.0. The van der Waals surface area contributed by atoms with Gasteiger partial charge in [-0.25, -0.2) is 0 Å². The summed E-state index contributed by atoms with van der Waals surface area (Å²) < 4.78 is 7.90. The number of hydrogen-bond donors (Lipinski definition) is 2. The monoisotopic (exact) mass is 765 g/mol. The van der Waals surface area contributed by atoms with Crippen LogP contribution in [0.15, 0.2) is 91.6 Å². The van der Waals surface area contributed by atoms with Gasteiger partial charge in [0.15, 0.2) is 6.61 Å². The molecular weight excluding hydrogens is 742 g/mol. The molecule has 2 bridgehead atoms. The van der Waals surface area contributed by atoms with Crippen LogP contribution in [0.25, 0.3) is 0 Å². The summed E-state index contributed by atoms with van der Waals surface area (Å²) in [5.74, 6) is -1.10. The van der Waals surface area contributed by atoms with E-state index in [4.69, 9.17) is 4.74 Å². The number of nitrogens with one attached hydrogen (secondary N) is 2. The van der Waals surface area contributed by atoms with Crippen molar-refractivity contribution in [2.45, 2.75) is 22.6 Å². The summed E-state index contributed by atoms with van der Waals surface area (Å²) >= 11 is 9.90. The summed E-state index contributed by atoms with van der Waals surface area (Å²) in [4.78, 5) is 58.7. The molecule has 2 aliphatic carbocycles. The highest BCUT2D eigenvalue weighted by Crippen LogP contribution is 2.69. The number of halogens is 2. The highest BCUT2D eigenvalue weighted by Gasteiger charge is 2.69. The van der Waals surface area contributed by atoms with E-state index in [-0.39, 0.29) is 64.0 Å². The standard InChI is InChI=1S/C33H25Br2N3O5S2/c34-15-6-9-18(10-7-15)38-31(40)26-20-13-21(27(26)32(38)41)28-25(20)24(29-30(44-28)37-33(42)45-29)19-12-16(35)8-11-22(19)43-14-23(39)36-17-4-2-1-3-5-17/h1-12,20-21,24-28H,13-14H2,(H,36,39)(H,37,42)/t20?,21?,24-,25?,26?,27?,28?/m1/s1. The second kappa shape index (κ2) is 11.3. The van der Waals surface area contributed by atoms with Crippen molar-refractivity contribution in [2.75, 3.05) is 16.8 Å². The molecule has 1 saturated heterocycles. The van der Waals surface area contributed by atoms with Crippen molar-refractivity contribution >= 4 is 84.1 Å². The second-order valence-electron chi connectivity index (χ2n) is 11.8. The predicted octanol–water partition coefficient (Wildman–Crippen LogP) is 6.66. The van der Waals surface area contributed by atoms with E-state index in [2.05, 4.69) is 42.2 Å². The Morgan fingerprint density at radius 1 is 0.933 bits per heavy atom. The van der Waals surface area contributed by atoms with Crippen LogP contribution in [0.3, 0.4) is 0 Å². The molecule has 3 amide bonds. The van der Waals surface area contributed by atoms with E-state index in [0.29, 0.717) is 17.1 Å². The molecule has 3 aromatic carbocycles. The van der Waals surface area contributed by atoms with E-state index < -0.39 is 5.92 Å². The quantitative estimate of drug-likeness (QED) is 0.213. The Kier molecular flexibility index (Phi) is 7.31. The number of benzene rings is 3. The van der Waals surface area contributed by atoms with E-state index in [9.17, 15) is 19.2 Å². The van der Waals surface area contributed by atoms with Crippen LogP contribution in [-0.2, 0) is 14.4 Å². The third-order valence-electron chi connectivity index (χ3n) is 9.53. The van der Waals surface area contributed by atoms with Crippen molar-refractivity contribution in [3.8, 4) is 5.75 Å². The first-order chi connectivity index (χ1) is 21.8. The van der Waals surface area contributed by atoms with Gasteiger partial charge in [-0.3, -0.25) is 24.1 Å². The average Bonchev–Trinajstić information content (AvgIpc) is 3.76. The van der Waals surface area contributed by atoms with Gasteiger partial charge in [-0.05, 0) is 78.8 Å². The fraction of sp³-hybridized carbons (Fsp3) is 0.273. The van der Waals surface area contributed by atoms with Crippen molar-refractivity contribution < 1.29 is 19.1 Å². The van der Waals surface area contributed by atoms with Crippen LogP contribution < -0.4 is 19.8 Å². The van der Waals surface area contributed by atoms with E-state index in [0.717, 1.165) is 30.8 Å². The smallest absolute Gasteiger partial charge is 0.305 e. The Morgan fingerprint density at radius 2 is 1.64 bits per heavy atom. The SMILES string of the molecule is O=C(COc1ccc(Br)cc1[C@H]1c2sc(=O)[nH]c2SC2C3CC(C4C(=O)N(c5ccc(Br)cc5)C(=O)C34)C21)Nc1ccccc1. The number of anilines is 2. The van der Waals surface area contributed by atoms with Gasteiger partial charge >= 0.3 is 4.87 Å². The van der Waals surface area contributed by atoms with Gasteiger partial charge in [0.1, 0.15) is 5.75 Å². The lowest BCUT2D eigenvalue weighted by atomic mass is 9.68. The van der Waals surface area contributed by atoms with Gasteiger partial charge in [0.25, 0.3) is 5.91 Å². The van der Waals surface area contributed by atoms with E-state index in [1.165, 1.54) is 16.2 Å². The number of thioether (sulfide) groups is 1. The number of fused-ring (bicyclic) bond motifs is 9. The maximum atomic E-state index is 14.0. The predicted molar refractivity (Wildman–Crippen MR) is 180 cm³/mol.